The number of aryl methyl sites for hydroxylation is 1. The van der Waals surface area contributed by atoms with Crippen molar-refractivity contribution < 1.29 is 4.79 Å². The van der Waals surface area contributed by atoms with Crippen LogP contribution in [0.15, 0.2) is 22.7 Å². The Bertz CT molecular complexity index is 525. The lowest BCUT2D eigenvalue weighted by molar-refractivity contribution is 0.0704. The van der Waals surface area contributed by atoms with Crippen molar-refractivity contribution >= 4 is 34.2 Å². The van der Waals surface area contributed by atoms with E-state index in [4.69, 9.17) is 0 Å². The van der Waals surface area contributed by atoms with Crippen molar-refractivity contribution in [1.82, 2.24) is 10.2 Å². The van der Waals surface area contributed by atoms with E-state index >= 15 is 0 Å². The van der Waals surface area contributed by atoms with Crippen molar-refractivity contribution in [2.24, 2.45) is 5.92 Å². The summed E-state index contributed by atoms with van der Waals surface area (Å²) < 4.78 is 1.03. The fourth-order valence-electron chi connectivity index (χ4n) is 2.98. The number of carbonyl (C=O) groups excluding carboxylic acids is 1. The molecule has 0 radical (unpaired) electrons. The van der Waals surface area contributed by atoms with Gasteiger partial charge in [0.2, 0.25) is 0 Å². The predicted octanol–water partition coefficient (Wildman–Crippen LogP) is 3.78. The lowest BCUT2D eigenvalue weighted by atomic mass is 10.0. The van der Waals surface area contributed by atoms with Gasteiger partial charge in [0.1, 0.15) is 0 Å². The van der Waals surface area contributed by atoms with Gasteiger partial charge in [-0.25, -0.2) is 0 Å². The van der Waals surface area contributed by atoms with Gasteiger partial charge in [0, 0.05) is 29.2 Å². The first-order valence-electron chi connectivity index (χ1n) is 7.92. The zero-order valence-corrected chi connectivity index (χ0v) is 15.4. The number of rotatable bonds is 4. The third kappa shape index (κ3) is 4.46. The molecule has 22 heavy (non-hydrogen) atoms. The molecule has 0 unspecified atom stereocenters. The molecule has 3 rings (SSSR count). The molecule has 0 atom stereocenters. The quantitative estimate of drug-likeness (QED) is 0.852. The minimum absolute atomic E-state index is 0. The minimum Gasteiger partial charge on any atom is -0.339 e. The van der Waals surface area contributed by atoms with Gasteiger partial charge in [0.15, 0.2) is 0 Å². The maximum Gasteiger partial charge on any atom is 0.254 e. The van der Waals surface area contributed by atoms with Crippen LogP contribution in [0.2, 0.25) is 0 Å². The van der Waals surface area contributed by atoms with Gasteiger partial charge < -0.3 is 10.2 Å². The van der Waals surface area contributed by atoms with Gasteiger partial charge in [-0.3, -0.25) is 4.79 Å². The second-order valence-electron chi connectivity index (χ2n) is 6.38. The molecule has 1 saturated carbocycles. The molecule has 1 N–H and O–H groups in total. The normalized spacial score (nSPS) is 18.9. The number of amides is 1. The third-order valence-corrected chi connectivity index (χ3v) is 5.09. The first-order valence-corrected chi connectivity index (χ1v) is 8.71. The number of hydrogen-bond acceptors (Lipinski definition) is 2. The molecule has 122 valence electrons. The summed E-state index contributed by atoms with van der Waals surface area (Å²) in [5, 5.41) is 3.66. The summed E-state index contributed by atoms with van der Waals surface area (Å²) in [6, 6.07) is 6.49. The summed E-state index contributed by atoms with van der Waals surface area (Å²) in [6.07, 6.45) is 4.95. The van der Waals surface area contributed by atoms with E-state index in [1.54, 1.807) is 0 Å². The lowest BCUT2D eigenvalue weighted by Gasteiger charge is -2.33. The van der Waals surface area contributed by atoms with Crippen LogP contribution < -0.4 is 5.32 Å². The highest BCUT2D eigenvalue weighted by molar-refractivity contribution is 9.10. The Hall–Kier alpha value is -0.580. The SMILES string of the molecule is Cc1cc(Br)ccc1C(=O)N1CCC(NCC2CC2)CC1.Cl. The first kappa shape index (κ1) is 17.8. The minimum atomic E-state index is 0. The van der Waals surface area contributed by atoms with Gasteiger partial charge in [0.05, 0.1) is 0 Å². The lowest BCUT2D eigenvalue weighted by Crippen LogP contribution is -2.45. The predicted molar refractivity (Wildman–Crippen MR) is 95.8 cm³/mol. The van der Waals surface area contributed by atoms with Crippen LogP contribution >= 0.6 is 28.3 Å². The van der Waals surface area contributed by atoms with E-state index in [2.05, 4.69) is 21.2 Å². The second-order valence-corrected chi connectivity index (χ2v) is 7.29. The molecule has 3 nitrogen and oxygen atoms in total. The van der Waals surface area contributed by atoms with Crippen LogP contribution in [0.25, 0.3) is 0 Å². The van der Waals surface area contributed by atoms with E-state index in [9.17, 15) is 4.79 Å². The van der Waals surface area contributed by atoms with E-state index in [1.807, 2.05) is 30.0 Å². The number of halogens is 2. The smallest absolute Gasteiger partial charge is 0.254 e. The molecule has 0 bridgehead atoms. The fourth-order valence-corrected chi connectivity index (χ4v) is 3.45. The Morgan fingerprint density at radius 2 is 1.95 bits per heavy atom. The average molecular weight is 388 g/mol. The van der Waals surface area contributed by atoms with Crippen molar-refractivity contribution in [2.75, 3.05) is 19.6 Å². The Morgan fingerprint density at radius 3 is 2.55 bits per heavy atom. The molecular weight excluding hydrogens is 364 g/mol. The standard InChI is InChI=1S/C17H23BrN2O.ClH/c1-12-10-14(18)4-5-16(12)17(21)20-8-6-15(7-9-20)19-11-13-2-3-13;/h4-5,10,13,15,19H,2-3,6-9,11H2,1H3;1H. The monoisotopic (exact) mass is 386 g/mol. The van der Waals surface area contributed by atoms with Crippen molar-refractivity contribution in [3.63, 3.8) is 0 Å². The zero-order valence-electron chi connectivity index (χ0n) is 13.0. The van der Waals surface area contributed by atoms with Crippen molar-refractivity contribution in [1.29, 1.82) is 0 Å². The summed E-state index contributed by atoms with van der Waals surface area (Å²) in [7, 11) is 0. The van der Waals surface area contributed by atoms with Crippen molar-refractivity contribution in [3.05, 3.63) is 33.8 Å². The van der Waals surface area contributed by atoms with E-state index in [1.165, 1.54) is 19.4 Å². The number of carbonyl (C=O) groups is 1. The molecule has 1 aliphatic heterocycles. The van der Waals surface area contributed by atoms with Gasteiger partial charge in [0.25, 0.3) is 5.91 Å². The zero-order chi connectivity index (χ0) is 14.8. The summed E-state index contributed by atoms with van der Waals surface area (Å²) in [4.78, 5) is 14.6. The molecule has 1 aliphatic carbocycles. The second kappa shape index (κ2) is 7.80. The molecule has 0 spiro atoms. The molecule has 2 fully saturated rings. The molecule has 1 heterocycles. The molecule has 0 aromatic heterocycles. The Labute approximate surface area is 147 Å². The van der Waals surface area contributed by atoms with Crippen LogP contribution in [0.3, 0.4) is 0 Å². The highest BCUT2D eigenvalue weighted by Crippen LogP contribution is 2.28. The van der Waals surface area contributed by atoms with E-state index in [-0.39, 0.29) is 18.3 Å². The molecule has 1 saturated heterocycles. The third-order valence-electron chi connectivity index (χ3n) is 4.59. The number of nitrogens with one attached hydrogen (secondary N) is 1. The van der Waals surface area contributed by atoms with E-state index in [0.29, 0.717) is 6.04 Å². The largest absolute Gasteiger partial charge is 0.339 e. The number of hydrogen-bond donors (Lipinski definition) is 1. The first-order chi connectivity index (χ1) is 10.1. The van der Waals surface area contributed by atoms with Gasteiger partial charge in [-0.15, -0.1) is 12.4 Å². The Morgan fingerprint density at radius 1 is 1.27 bits per heavy atom. The number of likely N-dealkylation sites (tertiary alicyclic amines) is 1. The topological polar surface area (TPSA) is 32.3 Å². The number of piperidine rings is 1. The Kier molecular flexibility index (Phi) is 6.30. The maximum atomic E-state index is 12.6. The Balaban J connectivity index is 0.00000176. The number of nitrogens with zero attached hydrogens (tertiary/aromatic N) is 1. The molecule has 2 aliphatic rings. The average Bonchev–Trinajstić information content (AvgIpc) is 3.29. The highest BCUT2D eigenvalue weighted by atomic mass is 79.9. The molecule has 1 amide bonds. The fraction of sp³-hybridized carbons (Fsp3) is 0.588. The van der Waals surface area contributed by atoms with Crippen LogP contribution in [0.5, 0.6) is 0 Å². The van der Waals surface area contributed by atoms with Crippen molar-refractivity contribution in [3.8, 4) is 0 Å². The maximum absolute atomic E-state index is 12.6. The van der Waals surface area contributed by atoms with Crippen LogP contribution in [0.4, 0.5) is 0 Å². The van der Waals surface area contributed by atoms with Gasteiger partial charge in [-0.1, -0.05) is 15.9 Å². The summed E-state index contributed by atoms with van der Waals surface area (Å²) >= 11 is 3.45. The van der Waals surface area contributed by atoms with E-state index in [0.717, 1.165) is 47.4 Å². The number of benzene rings is 1. The van der Waals surface area contributed by atoms with Crippen LogP contribution in [0, 0.1) is 12.8 Å². The van der Waals surface area contributed by atoms with Crippen LogP contribution in [0.1, 0.15) is 41.6 Å². The molecule has 1 aromatic rings. The molecular formula is C17H24BrClN2O. The van der Waals surface area contributed by atoms with Gasteiger partial charge in [-0.2, -0.15) is 0 Å². The molecule has 5 heteroatoms. The van der Waals surface area contributed by atoms with Gasteiger partial charge >= 0.3 is 0 Å². The van der Waals surface area contributed by atoms with Gasteiger partial charge in [-0.05, 0) is 68.8 Å². The summed E-state index contributed by atoms with van der Waals surface area (Å²) in [5.74, 6) is 1.11. The summed E-state index contributed by atoms with van der Waals surface area (Å²) in [5.41, 5.74) is 1.88. The summed E-state index contributed by atoms with van der Waals surface area (Å²) in [6.45, 7) is 4.92. The van der Waals surface area contributed by atoms with Crippen LogP contribution in [-0.2, 0) is 0 Å². The van der Waals surface area contributed by atoms with E-state index < -0.39 is 0 Å². The van der Waals surface area contributed by atoms with Crippen molar-refractivity contribution in [2.45, 2.75) is 38.6 Å². The highest BCUT2D eigenvalue weighted by Gasteiger charge is 2.26. The molecule has 1 aromatic carbocycles. The van der Waals surface area contributed by atoms with Crippen LogP contribution in [-0.4, -0.2) is 36.5 Å².